The van der Waals surface area contributed by atoms with Gasteiger partial charge in [-0.1, -0.05) is 6.42 Å². The fraction of sp³-hybridized carbons (Fsp3) is 1.00. The Morgan fingerprint density at radius 3 is 2.63 bits per heavy atom. The molecule has 3 N–H and O–H groups in total. The van der Waals surface area contributed by atoms with Gasteiger partial charge in [0.05, 0.1) is 6.54 Å². The van der Waals surface area contributed by atoms with Gasteiger partial charge in [0.25, 0.3) is 0 Å². The first kappa shape index (κ1) is 22.7. The van der Waals surface area contributed by atoms with Gasteiger partial charge in [-0.25, -0.2) is 23.2 Å². The van der Waals surface area contributed by atoms with Crippen LogP contribution < -0.4 is 15.6 Å². The summed E-state index contributed by atoms with van der Waals surface area (Å²) in [6, 6.07) is -0.0569. The number of hydrogen-bond donors (Lipinski definition) is 3. The molecule has 5 atom stereocenters. The number of hydrogen-bond acceptors (Lipinski definition) is 7. The van der Waals surface area contributed by atoms with E-state index in [1.807, 2.05) is 17.1 Å². The van der Waals surface area contributed by atoms with E-state index in [9.17, 15) is 21.6 Å². The fourth-order valence-corrected chi connectivity index (χ4v) is 7.14. The van der Waals surface area contributed by atoms with Gasteiger partial charge >= 0.3 is 6.18 Å². The third-order valence-corrected chi connectivity index (χ3v) is 8.86. The van der Waals surface area contributed by atoms with E-state index in [-0.39, 0.29) is 18.1 Å². The summed E-state index contributed by atoms with van der Waals surface area (Å²) in [6.07, 6.45) is 0.177. The molecule has 3 saturated heterocycles. The molecule has 0 bridgehead atoms. The lowest BCUT2D eigenvalue weighted by Crippen LogP contribution is -2.55. The molecule has 4 rings (SSSR count). The summed E-state index contributed by atoms with van der Waals surface area (Å²) in [7, 11) is -1.57. The Morgan fingerprint density at radius 2 is 1.87 bits per heavy atom. The summed E-state index contributed by atoms with van der Waals surface area (Å²) in [4.78, 5) is 1.42. The Bertz CT molecular complexity index is 707. The first-order chi connectivity index (χ1) is 14.1. The van der Waals surface area contributed by atoms with Crippen LogP contribution in [0.1, 0.15) is 32.1 Å². The van der Waals surface area contributed by atoms with Gasteiger partial charge < -0.3 is 0 Å². The number of halogens is 3. The quantitative estimate of drug-likeness (QED) is 0.544. The number of hydrazine groups is 2. The van der Waals surface area contributed by atoms with Crippen molar-refractivity contribution in [2.75, 3.05) is 46.3 Å². The Labute approximate surface area is 176 Å². The minimum Gasteiger partial charge on any atom is -0.293 e. The van der Waals surface area contributed by atoms with Crippen molar-refractivity contribution in [2.45, 2.75) is 61.7 Å². The molecule has 30 heavy (non-hydrogen) atoms. The molecule has 0 spiro atoms. The van der Waals surface area contributed by atoms with Gasteiger partial charge in [-0.05, 0) is 38.1 Å². The molecule has 4 aliphatic rings. The minimum atomic E-state index is -4.21. The summed E-state index contributed by atoms with van der Waals surface area (Å²) >= 11 is 0. The van der Waals surface area contributed by atoms with Gasteiger partial charge in [-0.2, -0.15) is 13.2 Å². The fourth-order valence-electron chi connectivity index (χ4n) is 5.62. The number of likely N-dealkylation sites (N-methyl/N-ethyl adjacent to an activating group) is 1. The molecular weight excluding hydrogens is 421 g/mol. The highest BCUT2D eigenvalue weighted by Gasteiger charge is 2.44. The number of nitrogens with zero attached hydrogens (tertiary/aromatic N) is 3. The van der Waals surface area contributed by atoms with Gasteiger partial charge in [0.15, 0.2) is 0 Å². The highest BCUT2D eigenvalue weighted by atomic mass is 32.2. The van der Waals surface area contributed by atoms with E-state index in [0.717, 1.165) is 32.2 Å². The van der Waals surface area contributed by atoms with Gasteiger partial charge in [0, 0.05) is 51.4 Å². The SMILES string of the molecule is CN1NCC2CCCC(NS(=O)(=O)C3CNN([C@H]4CCCN(CC(F)(F)F)C4)C3)C21. The normalized spacial score (nSPS) is 37.5. The molecule has 0 aromatic rings. The molecule has 1 aliphatic carbocycles. The smallest absolute Gasteiger partial charge is 0.293 e. The summed E-state index contributed by atoms with van der Waals surface area (Å²) in [6.45, 7) is 1.30. The Balaban J connectivity index is 1.34. The van der Waals surface area contributed by atoms with E-state index < -0.39 is 28.0 Å². The number of fused-ring (bicyclic) bond motifs is 1. The predicted octanol–water partition coefficient (Wildman–Crippen LogP) is 0.109. The minimum absolute atomic E-state index is 0.106. The van der Waals surface area contributed by atoms with Crippen molar-refractivity contribution in [1.82, 2.24) is 30.5 Å². The summed E-state index contributed by atoms with van der Waals surface area (Å²) < 4.78 is 67.4. The van der Waals surface area contributed by atoms with Crippen LogP contribution in [0.2, 0.25) is 0 Å². The standard InChI is InChI=1S/C18H33F3N6O2S/c1-25-17-13(8-22-25)4-2-6-16(17)24-30(28,29)15-9-23-27(11-15)14-5-3-7-26(10-14)12-18(19,20)21/h13-17,22-24H,2-12H2,1H3/t13?,14-,15?,16?,17?/m0/s1. The lowest BCUT2D eigenvalue weighted by Gasteiger charge is -2.38. The Morgan fingerprint density at radius 1 is 1.07 bits per heavy atom. The number of piperidine rings is 1. The van der Waals surface area contributed by atoms with Gasteiger partial charge in [0.1, 0.15) is 5.25 Å². The largest absolute Gasteiger partial charge is 0.401 e. The molecular formula is C18H33F3N6O2S. The molecule has 4 fully saturated rings. The molecule has 3 aliphatic heterocycles. The van der Waals surface area contributed by atoms with E-state index in [4.69, 9.17) is 0 Å². The van der Waals surface area contributed by atoms with E-state index in [2.05, 4.69) is 15.6 Å². The zero-order chi connectivity index (χ0) is 21.5. The van der Waals surface area contributed by atoms with Crippen LogP contribution in [0, 0.1) is 5.92 Å². The van der Waals surface area contributed by atoms with Crippen LogP contribution in [0.25, 0.3) is 0 Å². The number of rotatable bonds is 5. The van der Waals surface area contributed by atoms with Crippen molar-refractivity contribution in [1.29, 1.82) is 0 Å². The molecule has 12 heteroatoms. The maximum absolute atomic E-state index is 13.1. The average molecular weight is 455 g/mol. The summed E-state index contributed by atoms with van der Waals surface area (Å²) in [5, 5.41) is 3.28. The van der Waals surface area contributed by atoms with Crippen LogP contribution in [-0.4, -0.2) is 99.2 Å². The molecule has 4 unspecified atom stereocenters. The maximum atomic E-state index is 13.1. The number of sulfonamides is 1. The molecule has 0 aromatic heterocycles. The molecule has 0 radical (unpaired) electrons. The van der Waals surface area contributed by atoms with Crippen molar-refractivity contribution in [3.8, 4) is 0 Å². The number of likely N-dealkylation sites (tertiary alicyclic amines) is 1. The van der Waals surface area contributed by atoms with Gasteiger partial charge in [-0.3, -0.25) is 15.8 Å². The maximum Gasteiger partial charge on any atom is 0.401 e. The Kier molecular flexibility index (Phi) is 6.65. The van der Waals surface area contributed by atoms with E-state index in [1.54, 1.807) is 0 Å². The summed E-state index contributed by atoms with van der Waals surface area (Å²) in [5.74, 6) is 0.455. The Hall–Kier alpha value is -0.500. The van der Waals surface area contributed by atoms with Crippen molar-refractivity contribution >= 4 is 10.0 Å². The van der Waals surface area contributed by atoms with Gasteiger partial charge in [0.2, 0.25) is 10.0 Å². The topological polar surface area (TPSA) is 79.9 Å². The van der Waals surface area contributed by atoms with Crippen molar-refractivity contribution < 1.29 is 21.6 Å². The van der Waals surface area contributed by atoms with Crippen LogP contribution in [0.15, 0.2) is 0 Å². The lowest BCUT2D eigenvalue weighted by molar-refractivity contribution is -0.150. The molecule has 1 saturated carbocycles. The van der Waals surface area contributed by atoms with Crippen molar-refractivity contribution in [3.05, 3.63) is 0 Å². The summed E-state index contributed by atoms with van der Waals surface area (Å²) in [5.41, 5.74) is 6.45. The predicted molar refractivity (Wildman–Crippen MR) is 107 cm³/mol. The van der Waals surface area contributed by atoms with E-state index in [0.29, 0.717) is 38.5 Å². The molecule has 174 valence electrons. The molecule has 8 nitrogen and oxygen atoms in total. The lowest BCUT2D eigenvalue weighted by atomic mass is 9.82. The third-order valence-electron chi connectivity index (χ3n) is 7.04. The molecule has 3 heterocycles. The van der Waals surface area contributed by atoms with E-state index >= 15 is 0 Å². The van der Waals surface area contributed by atoms with Crippen LogP contribution in [0.5, 0.6) is 0 Å². The number of nitrogens with one attached hydrogen (secondary N) is 3. The van der Waals surface area contributed by atoms with Gasteiger partial charge in [-0.15, -0.1) is 0 Å². The zero-order valence-corrected chi connectivity index (χ0v) is 18.2. The zero-order valence-electron chi connectivity index (χ0n) is 17.4. The van der Waals surface area contributed by atoms with Crippen molar-refractivity contribution in [2.24, 2.45) is 5.92 Å². The second-order valence-electron chi connectivity index (χ2n) is 9.21. The second kappa shape index (κ2) is 8.80. The first-order valence-electron chi connectivity index (χ1n) is 10.9. The van der Waals surface area contributed by atoms with Crippen LogP contribution in [-0.2, 0) is 10.0 Å². The number of alkyl halides is 3. The van der Waals surface area contributed by atoms with Crippen LogP contribution in [0.4, 0.5) is 13.2 Å². The highest BCUT2D eigenvalue weighted by molar-refractivity contribution is 7.90. The average Bonchev–Trinajstić information content (AvgIpc) is 3.29. The second-order valence-corrected chi connectivity index (χ2v) is 11.2. The van der Waals surface area contributed by atoms with Crippen molar-refractivity contribution in [3.63, 3.8) is 0 Å². The third kappa shape index (κ3) is 5.11. The highest BCUT2D eigenvalue weighted by Crippen LogP contribution is 2.31. The monoisotopic (exact) mass is 454 g/mol. The first-order valence-corrected chi connectivity index (χ1v) is 12.4. The molecule has 0 amide bonds. The van der Waals surface area contributed by atoms with Crippen LogP contribution >= 0.6 is 0 Å². The van der Waals surface area contributed by atoms with E-state index in [1.165, 1.54) is 4.90 Å². The van der Waals surface area contributed by atoms with Crippen LogP contribution in [0.3, 0.4) is 0 Å². The molecule has 0 aromatic carbocycles.